The van der Waals surface area contributed by atoms with Crippen LogP contribution in [0.15, 0.2) is 42.5 Å². The number of nitrogens with one attached hydrogen (secondary N) is 1. The highest BCUT2D eigenvalue weighted by molar-refractivity contribution is 6.22. The topological polar surface area (TPSA) is 92.6 Å². The highest BCUT2D eigenvalue weighted by Gasteiger charge is 2.50. The minimum Gasteiger partial charge on any atom is -0.375 e. The van der Waals surface area contributed by atoms with E-state index < -0.39 is 4.92 Å². The van der Waals surface area contributed by atoms with Crippen LogP contribution in [-0.4, -0.2) is 16.7 Å². The number of nitro benzene ring substituents is 1. The molecule has 1 saturated carbocycles. The van der Waals surface area contributed by atoms with Crippen LogP contribution in [0.1, 0.15) is 37.3 Å². The fraction of sp³-hybridized carbons (Fsp3) is 0.391. The number of imide groups is 1. The Balaban J connectivity index is 1.58. The average molecular weight is 407 g/mol. The Kier molecular flexibility index (Phi) is 5.28. The number of aryl methyl sites for hydroxylation is 1. The zero-order valence-electron chi connectivity index (χ0n) is 17.1. The summed E-state index contributed by atoms with van der Waals surface area (Å²) in [4.78, 5) is 38.2. The number of hydrogen-bond donors (Lipinski definition) is 1. The van der Waals surface area contributed by atoms with Gasteiger partial charge in [-0.1, -0.05) is 36.8 Å². The second-order valence-electron chi connectivity index (χ2n) is 8.44. The summed E-state index contributed by atoms with van der Waals surface area (Å²) >= 11 is 0. The van der Waals surface area contributed by atoms with Crippen molar-refractivity contribution in [1.29, 1.82) is 0 Å². The van der Waals surface area contributed by atoms with E-state index in [0.717, 1.165) is 22.4 Å². The number of nitro groups is 1. The van der Waals surface area contributed by atoms with E-state index in [1.165, 1.54) is 6.07 Å². The molecule has 7 heteroatoms. The molecule has 2 fully saturated rings. The normalized spacial score (nSPS) is 23.4. The van der Waals surface area contributed by atoms with Gasteiger partial charge in [-0.05, 0) is 49.8 Å². The van der Waals surface area contributed by atoms with E-state index >= 15 is 0 Å². The minimum absolute atomic E-state index is 0.150. The van der Waals surface area contributed by atoms with Crippen LogP contribution < -0.4 is 10.2 Å². The molecule has 1 N–H and O–H groups in total. The maximum atomic E-state index is 12.9. The second-order valence-corrected chi connectivity index (χ2v) is 8.44. The third-order valence-corrected chi connectivity index (χ3v) is 6.23. The van der Waals surface area contributed by atoms with Crippen LogP contribution in [-0.2, 0) is 16.1 Å². The highest BCUT2D eigenvalue weighted by Crippen LogP contribution is 2.43. The maximum absolute atomic E-state index is 12.9. The van der Waals surface area contributed by atoms with Crippen molar-refractivity contribution in [3.05, 3.63) is 63.7 Å². The molecule has 4 rings (SSSR count). The van der Waals surface area contributed by atoms with Crippen LogP contribution in [0.2, 0.25) is 0 Å². The van der Waals surface area contributed by atoms with E-state index in [1.807, 2.05) is 31.2 Å². The first-order valence-electron chi connectivity index (χ1n) is 10.3. The van der Waals surface area contributed by atoms with Gasteiger partial charge in [-0.2, -0.15) is 0 Å². The number of fused-ring (bicyclic) bond motifs is 1. The van der Waals surface area contributed by atoms with Gasteiger partial charge in [0.25, 0.3) is 5.69 Å². The van der Waals surface area contributed by atoms with Gasteiger partial charge in [0.1, 0.15) is 5.69 Å². The highest BCUT2D eigenvalue weighted by atomic mass is 16.6. The smallest absolute Gasteiger partial charge is 0.294 e. The summed E-state index contributed by atoms with van der Waals surface area (Å²) in [6.45, 7) is 4.53. The van der Waals surface area contributed by atoms with E-state index in [9.17, 15) is 19.7 Å². The SMILES string of the molecule is Cc1ccc(CNc2ccc(N3C(=O)C4CCC(C)CC4C3=O)cc2[N+](=O)[O-])cc1. The molecule has 0 bridgehead atoms. The van der Waals surface area contributed by atoms with E-state index in [-0.39, 0.29) is 35.0 Å². The molecular weight excluding hydrogens is 382 g/mol. The lowest BCUT2D eigenvalue weighted by Gasteiger charge is -2.25. The average Bonchev–Trinajstić information content (AvgIpc) is 2.97. The Morgan fingerprint density at radius 2 is 1.77 bits per heavy atom. The van der Waals surface area contributed by atoms with Gasteiger partial charge in [0.2, 0.25) is 11.8 Å². The number of amides is 2. The summed E-state index contributed by atoms with van der Waals surface area (Å²) in [6, 6.07) is 12.4. The largest absolute Gasteiger partial charge is 0.375 e. The lowest BCUT2D eigenvalue weighted by Crippen LogP contribution is -2.30. The predicted octanol–water partition coefficient (Wildman–Crippen LogP) is 4.44. The Bertz CT molecular complexity index is 1000. The van der Waals surface area contributed by atoms with Gasteiger partial charge in [-0.25, -0.2) is 4.90 Å². The van der Waals surface area contributed by atoms with E-state index in [2.05, 4.69) is 12.2 Å². The van der Waals surface area contributed by atoms with Crippen LogP contribution in [0.25, 0.3) is 0 Å². The summed E-state index contributed by atoms with van der Waals surface area (Å²) in [5.74, 6) is -0.657. The molecule has 0 aromatic heterocycles. The Labute approximate surface area is 175 Å². The summed E-state index contributed by atoms with van der Waals surface area (Å²) < 4.78 is 0. The van der Waals surface area contributed by atoms with Gasteiger partial charge < -0.3 is 5.32 Å². The number of carbonyl (C=O) groups excluding carboxylic acids is 2. The van der Waals surface area contributed by atoms with Crippen molar-refractivity contribution in [2.24, 2.45) is 17.8 Å². The molecule has 1 heterocycles. The molecule has 2 aliphatic rings. The van der Waals surface area contributed by atoms with Gasteiger partial charge in [-0.3, -0.25) is 19.7 Å². The first kappa shape index (κ1) is 20.1. The maximum Gasteiger partial charge on any atom is 0.294 e. The monoisotopic (exact) mass is 407 g/mol. The molecule has 30 heavy (non-hydrogen) atoms. The number of rotatable bonds is 5. The van der Waals surface area contributed by atoms with Crippen molar-refractivity contribution in [3.63, 3.8) is 0 Å². The first-order valence-corrected chi connectivity index (χ1v) is 10.3. The number of carbonyl (C=O) groups is 2. The molecule has 2 aromatic carbocycles. The zero-order chi connectivity index (χ0) is 21.4. The molecule has 1 saturated heterocycles. The van der Waals surface area contributed by atoms with E-state index in [4.69, 9.17) is 0 Å². The molecule has 0 spiro atoms. The zero-order valence-corrected chi connectivity index (χ0v) is 17.1. The standard InChI is InChI=1S/C23H25N3O4/c1-14-3-6-16(7-4-14)13-24-20-10-8-17(12-21(20)26(29)30)25-22(27)18-9-5-15(2)11-19(18)23(25)28/h3-4,6-8,10,12,15,18-19,24H,5,9,11,13H2,1-2H3. The molecule has 3 unspecified atom stereocenters. The van der Waals surface area contributed by atoms with Gasteiger partial charge >= 0.3 is 0 Å². The van der Waals surface area contributed by atoms with Crippen LogP contribution >= 0.6 is 0 Å². The lowest BCUT2D eigenvalue weighted by atomic mass is 9.76. The van der Waals surface area contributed by atoms with E-state index in [0.29, 0.717) is 31.0 Å². The summed E-state index contributed by atoms with van der Waals surface area (Å²) in [7, 11) is 0. The second kappa shape index (κ2) is 7.89. The van der Waals surface area contributed by atoms with Crippen molar-refractivity contribution >= 4 is 28.9 Å². The van der Waals surface area contributed by atoms with Crippen LogP contribution in [0.5, 0.6) is 0 Å². The molecule has 1 aliphatic carbocycles. The third-order valence-electron chi connectivity index (χ3n) is 6.23. The van der Waals surface area contributed by atoms with Crippen molar-refractivity contribution in [2.75, 3.05) is 10.2 Å². The number of nitrogens with zero attached hydrogens (tertiary/aromatic N) is 2. The minimum atomic E-state index is -0.485. The van der Waals surface area contributed by atoms with Gasteiger partial charge in [0.15, 0.2) is 0 Å². The molecule has 3 atom stereocenters. The molecule has 7 nitrogen and oxygen atoms in total. The van der Waals surface area contributed by atoms with Crippen molar-refractivity contribution in [3.8, 4) is 0 Å². The predicted molar refractivity (Wildman–Crippen MR) is 114 cm³/mol. The first-order chi connectivity index (χ1) is 14.3. The molecule has 156 valence electrons. The van der Waals surface area contributed by atoms with E-state index in [1.54, 1.807) is 12.1 Å². The fourth-order valence-electron chi connectivity index (χ4n) is 4.51. The number of hydrogen-bond acceptors (Lipinski definition) is 5. The number of anilines is 2. The van der Waals surface area contributed by atoms with Gasteiger partial charge in [-0.15, -0.1) is 0 Å². The molecule has 0 radical (unpaired) electrons. The van der Waals surface area contributed by atoms with Crippen molar-refractivity contribution in [2.45, 2.75) is 39.7 Å². The Hall–Kier alpha value is -3.22. The van der Waals surface area contributed by atoms with Crippen molar-refractivity contribution in [1.82, 2.24) is 0 Å². The fourth-order valence-corrected chi connectivity index (χ4v) is 4.51. The summed E-state index contributed by atoms with van der Waals surface area (Å²) in [5.41, 5.74) is 2.63. The third kappa shape index (κ3) is 3.67. The molecule has 2 aromatic rings. The lowest BCUT2D eigenvalue weighted by molar-refractivity contribution is -0.383. The quantitative estimate of drug-likeness (QED) is 0.449. The van der Waals surface area contributed by atoms with Gasteiger partial charge in [0, 0.05) is 12.6 Å². The summed E-state index contributed by atoms with van der Waals surface area (Å²) in [6.07, 6.45) is 2.32. The Morgan fingerprint density at radius 3 is 2.47 bits per heavy atom. The molecule has 1 aliphatic heterocycles. The molecular formula is C23H25N3O4. The van der Waals surface area contributed by atoms with Crippen LogP contribution in [0.3, 0.4) is 0 Å². The van der Waals surface area contributed by atoms with Crippen molar-refractivity contribution < 1.29 is 14.5 Å². The molecule has 2 amide bonds. The summed E-state index contributed by atoms with van der Waals surface area (Å²) in [5, 5.41) is 14.8. The van der Waals surface area contributed by atoms with Crippen LogP contribution in [0, 0.1) is 34.8 Å². The van der Waals surface area contributed by atoms with Crippen LogP contribution in [0.4, 0.5) is 17.1 Å². The van der Waals surface area contributed by atoms with Gasteiger partial charge in [0.05, 0.1) is 22.4 Å². The number of benzene rings is 2. The Morgan fingerprint density at radius 1 is 1.07 bits per heavy atom.